The van der Waals surface area contributed by atoms with Crippen molar-refractivity contribution in [1.82, 2.24) is 29.1 Å². The standard InChI is InChI=1S/C38H23BN6/c1-20-40-26-18-16-24-30-37(26)44(20)28-14-9-15-29-32(28)39(30)31-25(17-19-27-38(31)45(29)21(2)41-27)36-35(24)42-33(22-10-5-3-6-11-22)34(43-36)23-12-7-4-8-13-23/h3-19H,1-2H3. The van der Waals surface area contributed by atoms with Gasteiger partial charge in [0.05, 0.1) is 44.8 Å². The van der Waals surface area contributed by atoms with Crippen molar-refractivity contribution < 1.29 is 0 Å². The number of benzene rings is 5. The van der Waals surface area contributed by atoms with E-state index in [2.05, 4.69) is 114 Å². The molecule has 3 aliphatic heterocycles. The Morgan fingerprint density at radius 1 is 0.444 bits per heavy atom. The second-order valence-corrected chi connectivity index (χ2v) is 12.3. The molecule has 3 aliphatic rings. The van der Waals surface area contributed by atoms with Crippen LogP contribution in [-0.2, 0) is 0 Å². The molecule has 0 saturated heterocycles. The number of fused-ring (bicyclic) bond motifs is 5. The van der Waals surface area contributed by atoms with Crippen LogP contribution in [0, 0.1) is 13.8 Å². The Bertz CT molecular complexity index is 2440. The molecule has 0 aliphatic carbocycles. The van der Waals surface area contributed by atoms with Crippen molar-refractivity contribution in [2.75, 3.05) is 0 Å². The highest BCUT2D eigenvalue weighted by molar-refractivity contribution is 7.02. The Hall–Kier alpha value is -5.82. The zero-order valence-electron chi connectivity index (χ0n) is 24.6. The van der Waals surface area contributed by atoms with Crippen molar-refractivity contribution in [3.8, 4) is 56.4 Å². The van der Waals surface area contributed by atoms with Crippen LogP contribution in [0.5, 0.6) is 0 Å². The van der Waals surface area contributed by atoms with Crippen LogP contribution in [0.15, 0.2) is 103 Å². The molecule has 0 spiro atoms. The van der Waals surface area contributed by atoms with Gasteiger partial charge in [0, 0.05) is 22.5 Å². The molecule has 0 bridgehead atoms. The molecule has 7 heteroatoms. The Morgan fingerprint density at radius 2 is 0.911 bits per heavy atom. The second-order valence-electron chi connectivity index (χ2n) is 12.3. The molecule has 6 heterocycles. The quantitative estimate of drug-likeness (QED) is 0.242. The van der Waals surface area contributed by atoms with E-state index in [0.29, 0.717) is 0 Å². The van der Waals surface area contributed by atoms with Gasteiger partial charge in [0.1, 0.15) is 11.6 Å². The molecule has 11 rings (SSSR count). The lowest BCUT2D eigenvalue weighted by Gasteiger charge is -2.33. The first-order valence-corrected chi connectivity index (χ1v) is 15.4. The van der Waals surface area contributed by atoms with E-state index in [1.165, 1.54) is 27.8 Å². The minimum absolute atomic E-state index is 0.00264. The predicted octanol–water partition coefficient (Wildman–Crippen LogP) is 5.90. The maximum atomic E-state index is 5.60. The van der Waals surface area contributed by atoms with Crippen LogP contribution in [0.3, 0.4) is 0 Å². The minimum Gasteiger partial charge on any atom is -0.297 e. The van der Waals surface area contributed by atoms with Crippen molar-refractivity contribution in [2.45, 2.75) is 13.8 Å². The van der Waals surface area contributed by atoms with Crippen LogP contribution in [0.25, 0.3) is 78.5 Å². The molecule has 0 fully saturated rings. The van der Waals surface area contributed by atoms with E-state index in [0.717, 1.165) is 78.7 Å². The third-order valence-electron chi connectivity index (χ3n) is 9.96. The summed E-state index contributed by atoms with van der Waals surface area (Å²) in [6, 6.07) is 36.3. The Kier molecular flexibility index (Phi) is 4.20. The van der Waals surface area contributed by atoms with E-state index in [-0.39, 0.29) is 6.71 Å². The second kappa shape index (κ2) is 8.01. The fourth-order valence-electron chi connectivity index (χ4n) is 8.27. The van der Waals surface area contributed by atoms with Gasteiger partial charge in [-0.25, -0.2) is 19.9 Å². The van der Waals surface area contributed by atoms with Gasteiger partial charge in [-0.05, 0) is 65.6 Å². The first-order valence-electron chi connectivity index (χ1n) is 15.4. The van der Waals surface area contributed by atoms with Crippen LogP contribution in [0.1, 0.15) is 11.6 Å². The highest BCUT2D eigenvalue weighted by Gasteiger charge is 2.45. The van der Waals surface area contributed by atoms with Crippen LogP contribution in [-0.4, -0.2) is 35.8 Å². The lowest BCUT2D eigenvalue weighted by atomic mass is 9.33. The summed E-state index contributed by atoms with van der Waals surface area (Å²) in [7, 11) is 0. The molecule has 208 valence electrons. The van der Waals surface area contributed by atoms with E-state index >= 15 is 0 Å². The number of hydrogen-bond acceptors (Lipinski definition) is 4. The van der Waals surface area contributed by atoms with E-state index < -0.39 is 0 Å². The Balaban J connectivity index is 1.39. The summed E-state index contributed by atoms with van der Waals surface area (Å²) in [5.41, 5.74) is 18.4. The van der Waals surface area contributed by atoms with Gasteiger partial charge >= 0.3 is 0 Å². The molecule has 0 amide bonds. The largest absolute Gasteiger partial charge is 0.297 e. The van der Waals surface area contributed by atoms with E-state index in [4.69, 9.17) is 19.9 Å². The molecule has 0 unspecified atom stereocenters. The molecule has 0 radical (unpaired) electrons. The van der Waals surface area contributed by atoms with Crippen LogP contribution in [0.4, 0.5) is 0 Å². The first kappa shape index (κ1) is 23.6. The third-order valence-corrected chi connectivity index (χ3v) is 9.96. The summed E-state index contributed by atoms with van der Waals surface area (Å²) in [5.74, 6) is 1.97. The smallest absolute Gasteiger partial charge is 0.254 e. The molecule has 3 aromatic heterocycles. The van der Waals surface area contributed by atoms with Crippen LogP contribution in [0.2, 0.25) is 0 Å². The molecular weight excluding hydrogens is 551 g/mol. The van der Waals surface area contributed by atoms with Crippen molar-refractivity contribution in [2.24, 2.45) is 0 Å². The monoisotopic (exact) mass is 574 g/mol. The Morgan fingerprint density at radius 3 is 1.38 bits per heavy atom. The molecule has 5 aromatic carbocycles. The van der Waals surface area contributed by atoms with Crippen molar-refractivity contribution >= 4 is 45.2 Å². The van der Waals surface area contributed by atoms with E-state index in [9.17, 15) is 0 Å². The summed E-state index contributed by atoms with van der Waals surface area (Å²) >= 11 is 0. The third kappa shape index (κ3) is 2.78. The molecular formula is C38H23BN6. The Labute approximate surface area is 258 Å². The van der Waals surface area contributed by atoms with Crippen LogP contribution < -0.4 is 16.4 Å². The molecule has 45 heavy (non-hydrogen) atoms. The molecule has 6 nitrogen and oxygen atoms in total. The van der Waals surface area contributed by atoms with Gasteiger partial charge in [-0.2, -0.15) is 0 Å². The molecule has 0 N–H and O–H groups in total. The SMILES string of the molecule is Cc1nc2ccc3c4c2n1-c1cccc2c1B4c1c(ccc4nc(C)n-2c14)-c1nc(-c2ccccc2)c(-c2ccccc2)nc1-3. The minimum atomic E-state index is -0.00264. The maximum Gasteiger partial charge on any atom is 0.254 e. The van der Waals surface area contributed by atoms with Crippen molar-refractivity contribution in [3.05, 3.63) is 115 Å². The molecule has 8 aromatic rings. The summed E-state index contributed by atoms with van der Waals surface area (Å²) in [4.78, 5) is 21.4. The highest BCUT2D eigenvalue weighted by atomic mass is 15.1. The van der Waals surface area contributed by atoms with Gasteiger partial charge in [-0.15, -0.1) is 0 Å². The van der Waals surface area contributed by atoms with Crippen LogP contribution >= 0.6 is 0 Å². The maximum absolute atomic E-state index is 5.60. The summed E-state index contributed by atoms with van der Waals surface area (Å²) in [6.45, 7) is 4.22. The first-order chi connectivity index (χ1) is 22.2. The average Bonchev–Trinajstić information content (AvgIpc) is 3.57. The number of nitrogens with zero attached hydrogens (tertiary/aromatic N) is 6. The van der Waals surface area contributed by atoms with Gasteiger partial charge in [-0.3, -0.25) is 9.13 Å². The zero-order chi connectivity index (χ0) is 29.6. The van der Waals surface area contributed by atoms with Gasteiger partial charge in [0.25, 0.3) is 6.71 Å². The normalized spacial score (nSPS) is 13.1. The zero-order valence-corrected chi connectivity index (χ0v) is 24.6. The van der Waals surface area contributed by atoms with Gasteiger partial charge in [0.2, 0.25) is 0 Å². The van der Waals surface area contributed by atoms with Crippen molar-refractivity contribution in [1.29, 1.82) is 0 Å². The predicted molar refractivity (Wildman–Crippen MR) is 181 cm³/mol. The number of imidazole rings is 2. The number of aromatic nitrogens is 6. The topological polar surface area (TPSA) is 61.4 Å². The van der Waals surface area contributed by atoms with Gasteiger partial charge in [-0.1, -0.05) is 78.9 Å². The van der Waals surface area contributed by atoms with E-state index in [1.54, 1.807) is 0 Å². The number of rotatable bonds is 2. The highest BCUT2D eigenvalue weighted by Crippen LogP contribution is 2.42. The summed E-state index contributed by atoms with van der Waals surface area (Å²) < 4.78 is 4.71. The summed E-state index contributed by atoms with van der Waals surface area (Å²) in [6.07, 6.45) is 0. The van der Waals surface area contributed by atoms with Crippen molar-refractivity contribution in [3.63, 3.8) is 0 Å². The van der Waals surface area contributed by atoms with Gasteiger partial charge < -0.3 is 0 Å². The lowest BCUT2D eigenvalue weighted by Crippen LogP contribution is -2.60. The van der Waals surface area contributed by atoms with E-state index in [1.807, 2.05) is 12.1 Å². The number of aryl methyl sites for hydroxylation is 2. The summed E-state index contributed by atoms with van der Waals surface area (Å²) in [5, 5.41) is 0. The van der Waals surface area contributed by atoms with Gasteiger partial charge in [0.15, 0.2) is 0 Å². The lowest BCUT2D eigenvalue weighted by molar-refractivity contribution is 0.981. The fraction of sp³-hybridized carbons (Fsp3) is 0.0526. The average molecular weight is 574 g/mol. The molecule has 0 atom stereocenters. The fourth-order valence-corrected chi connectivity index (χ4v) is 8.27. The molecule has 0 saturated carbocycles. The number of hydrogen-bond donors (Lipinski definition) is 0.